The third-order valence-corrected chi connectivity index (χ3v) is 4.46. The summed E-state index contributed by atoms with van der Waals surface area (Å²) < 4.78 is 10.2. The van der Waals surface area contributed by atoms with Gasteiger partial charge in [-0.25, -0.2) is 10.3 Å². The number of nitrogens with one attached hydrogen (secondary N) is 1. The molecule has 1 saturated heterocycles. The summed E-state index contributed by atoms with van der Waals surface area (Å²) in [7, 11) is 0. The summed E-state index contributed by atoms with van der Waals surface area (Å²) in [6.07, 6.45) is 2.50. The van der Waals surface area contributed by atoms with E-state index in [2.05, 4.69) is 10.2 Å². The van der Waals surface area contributed by atoms with E-state index < -0.39 is 11.8 Å². The summed E-state index contributed by atoms with van der Waals surface area (Å²) in [5, 5.41) is 8.63. The summed E-state index contributed by atoms with van der Waals surface area (Å²) in [6.45, 7) is 1.60. The van der Waals surface area contributed by atoms with Crippen molar-refractivity contribution in [3.8, 4) is 5.75 Å². The summed E-state index contributed by atoms with van der Waals surface area (Å²) in [6, 6.07) is 9.51. The van der Waals surface area contributed by atoms with E-state index in [1.807, 2.05) is 30.3 Å². The molecular weight excluding hydrogens is 340 g/mol. The van der Waals surface area contributed by atoms with Crippen LogP contribution in [0.3, 0.4) is 0 Å². The predicted octanol–water partition coefficient (Wildman–Crippen LogP) is 2.28. The Kier molecular flexibility index (Phi) is 5.62. The van der Waals surface area contributed by atoms with Gasteiger partial charge in [-0.3, -0.25) is 9.63 Å². The molecule has 1 amide bonds. The number of carboxylic acid groups (broad SMARTS) is 1. The van der Waals surface area contributed by atoms with Crippen LogP contribution in [0.4, 0.5) is 4.79 Å². The molecule has 0 aromatic heterocycles. The van der Waals surface area contributed by atoms with Gasteiger partial charge in [0.05, 0.1) is 6.61 Å². The van der Waals surface area contributed by atoms with Crippen LogP contribution in [0.25, 0.3) is 0 Å². The molecule has 140 valence electrons. The van der Waals surface area contributed by atoms with Crippen LogP contribution < -0.4 is 10.2 Å². The zero-order valence-electron chi connectivity index (χ0n) is 14.3. The highest BCUT2D eigenvalue weighted by Crippen LogP contribution is 2.32. The van der Waals surface area contributed by atoms with Crippen molar-refractivity contribution in [2.75, 3.05) is 19.7 Å². The normalized spacial score (nSPS) is 18.2. The van der Waals surface area contributed by atoms with E-state index in [1.54, 1.807) is 11.0 Å². The minimum atomic E-state index is -1.39. The molecule has 1 fully saturated rings. The van der Waals surface area contributed by atoms with Gasteiger partial charge in [0.15, 0.2) is 0 Å². The molecule has 0 atom stereocenters. The molecule has 2 N–H and O–H groups in total. The Labute approximate surface area is 151 Å². The quantitative estimate of drug-likeness (QED) is 0.592. The number of carbonyl (C=O) groups is 2. The third kappa shape index (κ3) is 4.66. The van der Waals surface area contributed by atoms with Crippen molar-refractivity contribution in [1.82, 2.24) is 10.4 Å². The molecule has 2 aliphatic rings. The zero-order chi connectivity index (χ0) is 18.4. The number of carbonyl (C=O) groups excluding carboxylic acids is 1. The van der Waals surface area contributed by atoms with Crippen LogP contribution in [-0.4, -0.2) is 47.4 Å². The molecule has 0 aliphatic carbocycles. The maximum Gasteiger partial charge on any atom is 0.512 e. The topological polar surface area (TPSA) is 97.3 Å². The van der Waals surface area contributed by atoms with Gasteiger partial charge in [-0.2, -0.15) is 0 Å². The number of benzene rings is 1. The van der Waals surface area contributed by atoms with Crippen LogP contribution in [-0.2, 0) is 14.4 Å². The number of likely N-dealkylation sites (tertiary alicyclic amines) is 1. The smallest absolute Gasteiger partial charge is 0.494 e. The number of para-hydroxylation sites is 1. The number of amides is 1. The van der Waals surface area contributed by atoms with Gasteiger partial charge in [-0.05, 0) is 18.6 Å². The number of rotatable bonds is 6. The molecule has 1 aromatic rings. The largest absolute Gasteiger partial charge is 0.512 e. The second kappa shape index (κ2) is 8.09. The molecule has 1 aromatic carbocycles. The highest BCUT2D eigenvalue weighted by molar-refractivity contribution is 5.76. The van der Waals surface area contributed by atoms with Gasteiger partial charge in [0.2, 0.25) is 11.8 Å². The van der Waals surface area contributed by atoms with Crippen molar-refractivity contribution in [3.05, 3.63) is 42.3 Å². The van der Waals surface area contributed by atoms with Gasteiger partial charge >= 0.3 is 6.16 Å². The first-order valence-electron chi connectivity index (χ1n) is 8.60. The van der Waals surface area contributed by atoms with E-state index in [-0.39, 0.29) is 11.8 Å². The van der Waals surface area contributed by atoms with Gasteiger partial charge in [-0.1, -0.05) is 18.2 Å². The molecule has 1 spiro atoms. The molecule has 0 unspecified atom stereocenters. The lowest BCUT2D eigenvalue weighted by molar-refractivity contribution is -0.137. The first-order chi connectivity index (χ1) is 12.6. The van der Waals surface area contributed by atoms with Crippen molar-refractivity contribution in [1.29, 1.82) is 0 Å². The molecule has 0 radical (unpaired) electrons. The number of hydrogen-bond acceptors (Lipinski definition) is 6. The summed E-state index contributed by atoms with van der Waals surface area (Å²) >= 11 is 0. The lowest BCUT2D eigenvalue weighted by Crippen LogP contribution is -2.46. The van der Waals surface area contributed by atoms with E-state index in [4.69, 9.17) is 14.7 Å². The van der Waals surface area contributed by atoms with Crippen LogP contribution >= 0.6 is 0 Å². The van der Waals surface area contributed by atoms with Crippen molar-refractivity contribution in [2.45, 2.75) is 31.3 Å². The lowest BCUT2D eigenvalue weighted by Gasteiger charge is -2.36. The Morgan fingerprint density at radius 1 is 1.23 bits per heavy atom. The minimum absolute atomic E-state index is 0.0790. The number of nitrogens with zero attached hydrogens (tertiary/aromatic N) is 1. The predicted molar refractivity (Wildman–Crippen MR) is 91.1 cm³/mol. The first-order valence-corrected chi connectivity index (χ1v) is 8.60. The lowest BCUT2D eigenvalue weighted by atomic mass is 9.91. The minimum Gasteiger partial charge on any atom is -0.494 e. The molecule has 8 heteroatoms. The Morgan fingerprint density at radius 2 is 1.96 bits per heavy atom. The standard InChI is InChI=1S/C18H22N2O6/c21-16(7-4-12-24-14-5-2-1-3-6-14)20-10-8-18(9-11-20)13-15(19-26-18)25-17(22)23/h1-3,5-6,13,19H,4,7-12H2,(H,22,23). The fraction of sp³-hybridized carbons (Fsp3) is 0.444. The third-order valence-electron chi connectivity index (χ3n) is 4.46. The SMILES string of the molecule is O=C(O)OC1=CC2(CCN(C(=O)CCCOc3ccccc3)CC2)ON1. The van der Waals surface area contributed by atoms with Crippen LogP contribution in [0.5, 0.6) is 5.75 Å². The van der Waals surface area contributed by atoms with Gasteiger partial charge < -0.3 is 19.5 Å². The Morgan fingerprint density at radius 3 is 2.65 bits per heavy atom. The molecule has 8 nitrogen and oxygen atoms in total. The number of piperidine rings is 1. The zero-order valence-corrected chi connectivity index (χ0v) is 14.3. The van der Waals surface area contributed by atoms with Gasteiger partial charge in [0.25, 0.3) is 0 Å². The maximum absolute atomic E-state index is 12.3. The van der Waals surface area contributed by atoms with Crippen LogP contribution in [0.2, 0.25) is 0 Å². The highest BCUT2D eigenvalue weighted by atomic mass is 16.7. The Hall–Kier alpha value is -2.74. The second-order valence-corrected chi connectivity index (χ2v) is 6.29. The van der Waals surface area contributed by atoms with E-state index in [1.165, 1.54) is 0 Å². The molecule has 2 aliphatic heterocycles. The summed E-state index contributed by atoms with van der Waals surface area (Å²) in [5.41, 5.74) is 1.87. The Bertz CT molecular complexity index is 668. The van der Waals surface area contributed by atoms with E-state index in [0.717, 1.165) is 5.75 Å². The van der Waals surface area contributed by atoms with Crippen molar-refractivity contribution in [3.63, 3.8) is 0 Å². The molecule has 0 saturated carbocycles. The van der Waals surface area contributed by atoms with Crippen LogP contribution in [0, 0.1) is 0 Å². The van der Waals surface area contributed by atoms with E-state index >= 15 is 0 Å². The summed E-state index contributed by atoms with van der Waals surface area (Å²) in [5.74, 6) is 0.973. The van der Waals surface area contributed by atoms with Crippen molar-refractivity contribution < 1.29 is 29.0 Å². The average Bonchev–Trinajstić information content (AvgIpc) is 3.01. The van der Waals surface area contributed by atoms with Gasteiger partial charge in [-0.15, -0.1) is 0 Å². The van der Waals surface area contributed by atoms with Crippen LogP contribution in [0.15, 0.2) is 42.3 Å². The van der Waals surface area contributed by atoms with Gasteiger partial charge in [0, 0.05) is 38.4 Å². The summed E-state index contributed by atoms with van der Waals surface area (Å²) in [4.78, 5) is 30.2. The number of hydrogen-bond donors (Lipinski definition) is 2. The highest BCUT2D eigenvalue weighted by Gasteiger charge is 2.40. The number of ether oxygens (including phenoxy) is 2. The average molecular weight is 362 g/mol. The second-order valence-electron chi connectivity index (χ2n) is 6.29. The monoisotopic (exact) mass is 362 g/mol. The maximum atomic E-state index is 12.3. The van der Waals surface area contributed by atoms with Crippen LogP contribution in [0.1, 0.15) is 25.7 Å². The molecule has 3 rings (SSSR count). The number of hydroxylamine groups is 1. The van der Waals surface area contributed by atoms with E-state index in [0.29, 0.717) is 45.4 Å². The van der Waals surface area contributed by atoms with E-state index in [9.17, 15) is 9.59 Å². The fourth-order valence-electron chi connectivity index (χ4n) is 3.06. The molecular formula is C18H22N2O6. The molecule has 2 heterocycles. The van der Waals surface area contributed by atoms with Crippen molar-refractivity contribution >= 4 is 12.1 Å². The van der Waals surface area contributed by atoms with Crippen molar-refractivity contribution in [2.24, 2.45) is 0 Å². The Balaban J connectivity index is 1.38. The fourth-order valence-corrected chi connectivity index (χ4v) is 3.06. The van der Waals surface area contributed by atoms with Gasteiger partial charge in [0.1, 0.15) is 11.4 Å². The molecule has 26 heavy (non-hydrogen) atoms. The molecule has 0 bridgehead atoms. The first kappa shape index (κ1) is 18.1.